The molecule has 1 heterocycles. The summed E-state index contributed by atoms with van der Waals surface area (Å²) >= 11 is 0. The number of aryl methyl sites for hydroxylation is 1. The van der Waals surface area contributed by atoms with Gasteiger partial charge in [-0.15, -0.1) is 0 Å². The smallest absolute Gasteiger partial charge is 0.387 e. The van der Waals surface area contributed by atoms with Crippen molar-refractivity contribution in [2.75, 3.05) is 18.6 Å². The maximum Gasteiger partial charge on any atom is 0.387 e. The predicted molar refractivity (Wildman–Crippen MR) is 110 cm³/mol. The Morgan fingerprint density at radius 3 is 2.61 bits per heavy atom. The zero-order chi connectivity index (χ0) is 22.0. The van der Waals surface area contributed by atoms with Gasteiger partial charge in [0.2, 0.25) is 11.8 Å². The van der Waals surface area contributed by atoms with E-state index in [-0.39, 0.29) is 30.0 Å². The van der Waals surface area contributed by atoms with Crippen molar-refractivity contribution in [3.05, 3.63) is 53.6 Å². The van der Waals surface area contributed by atoms with Gasteiger partial charge in [0, 0.05) is 18.7 Å². The molecule has 1 fully saturated rings. The van der Waals surface area contributed by atoms with E-state index in [2.05, 4.69) is 10.1 Å². The Bertz CT molecular complexity index is 965. The third kappa shape index (κ3) is 4.62. The Kier molecular flexibility index (Phi) is 6.06. The number of fused-ring (bicyclic) bond motifs is 1. The van der Waals surface area contributed by atoms with Gasteiger partial charge in [-0.3, -0.25) is 9.59 Å². The second-order valence-electron chi connectivity index (χ2n) is 7.80. The highest BCUT2D eigenvalue weighted by Crippen LogP contribution is 2.34. The zero-order valence-corrected chi connectivity index (χ0v) is 17.1. The number of amides is 2. The molecule has 2 amide bonds. The van der Waals surface area contributed by atoms with Gasteiger partial charge in [0.1, 0.15) is 11.5 Å². The summed E-state index contributed by atoms with van der Waals surface area (Å²) in [6.45, 7) is -2.55. The summed E-state index contributed by atoms with van der Waals surface area (Å²) in [5.41, 5.74) is 2.55. The quantitative estimate of drug-likeness (QED) is 0.756. The molecule has 2 aromatic rings. The van der Waals surface area contributed by atoms with Crippen LogP contribution in [0.4, 0.5) is 14.5 Å². The largest absolute Gasteiger partial charge is 0.497 e. The standard InChI is InChI=1S/C23H24F2N2O4/c1-30-17-7-5-16(6-8-17)27-13-15(12-21(27)28)22(29)26-20-4-2-3-14-11-18(31-23(24)25)9-10-19(14)20/h5-11,15,20,23H,2-4,12-13H2,1H3,(H,26,29). The number of carbonyl (C=O) groups is 2. The number of alkyl halides is 2. The molecule has 8 heteroatoms. The molecule has 1 N–H and O–H groups in total. The van der Waals surface area contributed by atoms with Crippen molar-refractivity contribution in [2.24, 2.45) is 5.92 Å². The van der Waals surface area contributed by atoms with Gasteiger partial charge in [-0.25, -0.2) is 0 Å². The first-order valence-corrected chi connectivity index (χ1v) is 10.3. The van der Waals surface area contributed by atoms with Crippen LogP contribution in [-0.2, 0) is 16.0 Å². The monoisotopic (exact) mass is 430 g/mol. The van der Waals surface area contributed by atoms with Crippen molar-refractivity contribution in [1.29, 1.82) is 0 Å². The molecule has 1 aliphatic heterocycles. The minimum absolute atomic E-state index is 0.0943. The molecule has 6 nitrogen and oxygen atoms in total. The van der Waals surface area contributed by atoms with Gasteiger partial charge in [-0.1, -0.05) is 6.07 Å². The number of anilines is 1. The van der Waals surface area contributed by atoms with E-state index in [1.54, 1.807) is 48.4 Å². The summed E-state index contributed by atoms with van der Waals surface area (Å²) in [5, 5.41) is 3.06. The fourth-order valence-electron chi connectivity index (χ4n) is 4.30. The number of hydrogen-bond donors (Lipinski definition) is 1. The van der Waals surface area contributed by atoms with Crippen LogP contribution in [0, 0.1) is 5.92 Å². The average molecular weight is 430 g/mol. The van der Waals surface area contributed by atoms with Crippen LogP contribution in [-0.4, -0.2) is 32.1 Å². The van der Waals surface area contributed by atoms with E-state index >= 15 is 0 Å². The van der Waals surface area contributed by atoms with Crippen LogP contribution in [0.3, 0.4) is 0 Å². The van der Waals surface area contributed by atoms with E-state index in [1.807, 2.05) is 0 Å². The van der Waals surface area contributed by atoms with Crippen LogP contribution >= 0.6 is 0 Å². The van der Waals surface area contributed by atoms with E-state index in [0.717, 1.165) is 36.1 Å². The molecule has 164 valence electrons. The molecule has 0 aromatic heterocycles. The van der Waals surface area contributed by atoms with Crippen molar-refractivity contribution in [3.8, 4) is 11.5 Å². The fraction of sp³-hybridized carbons (Fsp3) is 0.391. The summed E-state index contributed by atoms with van der Waals surface area (Å²) in [5.74, 6) is 0.111. The first-order valence-electron chi connectivity index (χ1n) is 10.3. The Morgan fingerprint density at radius 2 is 1.90 bits per heavy atom. The topological polar surface area (TPSA) is 67.9 Å². The van der Waals surface area contributed by atoms with E-state index in [9.17, 15) is 18.4 Å². The molecule has 2 aromatic carbocycles. The number of nitrogens with one attached hydrogen (secondary N) is 1. The van der Waals surface area contributed by atoms with E-state index in [1.165, 1.54) is 6.07 Å². The van der Waals surface area contributed by atoms with Gasteiger partial charge in [0.05, 0.1) is 19.1 Å². The van der Waals surface area contributed by atoms with Crippen molar-refractivity contribution in [3.63, 3.8) is 0 Å². The Labute approximate surface area is 179 Å². The van der Waals surface area contributed by atoms with Crippen LogP contribution in [0.1, 0.15) is 36.4 Å². The molecule has 0 bridgehead atoms. The number of hydrogen-bond acceptors (Lipinski definition) is 4. The van der Waals surface area contributed by atoms with Gasteiger partial charge in [-0.2, -0.15) is 8.78 Å². The molecule has 0 saturated carbocycles. The number of rotatable bonds is 6. The second kappa shape index (κ2) is 8.91. The van der Waals surface area contributed by atoms with Crippen molar-refractivity contribution in [2.45, 2.75) is 38.3 Å². The van der Waals surface area contributed by atoms with Crippen LogP contribution in [0.15, 0.2) is 42.5 Å². The molecule has 2 aliphatic rings. The van der Waals surface area contributed by atoms with Gasteiger partial charge < -0.3 is 19.7 Å². The van der Waals surface area contributed by atoms with Gasteiger partial charge >= 0.3 is 6.61 Å². The lowest BCUT2D eigenvalue weighted by Gasteiger charge is -2.28. The average Bonchev–Trinajstić information content (AvgIpc) is 3.15. The molecule has 2 atom stereocenters. The number of methoxy groups -OCH3 is 1. The summed E-state index contributed by atoms with van der Waals surface area (Å²) in [6.07, 6.45) is 2.49. The maximum absolute atomic E-state index is 12.9. The van der Waals surface area contributed by atoms with E-state index in [4.69, 9.17) is 4.74 Å². The van der Waals surface area contributed by atoms with Crippen LogP contribution in [0.5, 0.6) is 11.5 Å². The number of benzene rings is 2. The van der Waals surface area contributed by atoms with Crippen LogP contribution in [0.25, 0.3) is 0 Å². The zero-order valence-electron chi connectivity index (χ0n) is 17.1. The first kappa shape index (κ1) is 21.1. The number of ether oxygens (including phenoxy) is 2. The third-order valence-corrected chi connectivity index (χ3v) is 5.85. The highest BCUT2D eigenvalue weighted by Gasteiger charge is 2.36. The lowest BCUT2D eigenvalue weighted by atomic mass is 9.87. The number of halogens is 2. The molecule has 31 heavy (non-hydrogen) atoms. The number of carbonyl (C=O) groups excluding carboxylic acids is 2. The summed E-state index contributed by atoms with van der Waals surface area (Å²) in [7, 11) is 1.58. The molecule has 1 saturated heterocycles. The van der Waals surface area contributed by atoms with Gasteiger partial charge in [-0.05, 0) is 66.8 Å². The normalized spacial score (nSPS) is 20.5. The lowest BCUT2D eigenvalue weighted by Crippen LogP contribution is -2.36. The molecular formula is C23H24F2N2O4. The van der Waals surface area contributed by atoms with Crippen LogP contribution in [0.2, 0.25) is 0 Å². The second-order valence-corrected chi connectivity index (χ2v) is 7.80. The Hall–Kier alpha value is -3.16. The highest BCUT2D eigenvalue weighted by molar-refractivity contribution is 6.00. The summed E-state index contributed by atoms with van der Waals surface area (Å²) in [6, 6.07) is 11.8. The fourth-order valence-corrected chi connectivity index (χ4v) is 4.30. The van der Waals surface area contributed by atoms with Crippen molar-refractivity contribution >= 4 is 17.5 Å². The minimum Gasteiger partial charge on any atom is -0.497 e. The first-order chi connectivity index (χ1) is 14.9. The van der Waals surface area contributed by atoms with Gasteiger partial charge in [0.15, 0.2) is 0 Å². The lowest BCUT2D eigenvalue weighted by molar-refractivity contribution is -0.127. The maximum atomic E-state index is 12.9. The molecule has 2 unspecified atom stereocenters. The summed E-state index contributed by atoms with van der Waals surface area (Å²) < 4.78 is 34.6. The molecular weight excluding hydrogens is 406 g/mol. The van der Waals surface area contributed by atoms with Crippen molar-refractivity contribution < 1.29 is 27.8 Å². The van der Waals surface area contributed by atoms with Crippen LogP contribution < -0.4 is 19.7 Å². The highest BCUT2D eigenvalue weighted by atomic mass is 19.3. The minimum atomic E-state index is -2.87. The van der Waals surface area contributed by atoms with E-state index in [0.29, 0.717) is 12.3 Å². The molecule has 0 radical (unpaired) electrons. The molecule has 4 rings (SSSR count). The summed E-state index contributed by atoms with van der Waals surface area (Å²) in [4.78, 5) is 27.0. The SMILES string of the molecule is COc1ccc(N2CC(C(=O)NC3CCCc4cc(OC(F)F)ccc43)CC2=O)cc1. The predicted octanol–water partition coefficient (Wildman–Crippen LogP) is 3.84. The van der Waals surface area contributed by atoms with Gasteiger partial charge in [0.25, 0.3) is 0 Å². The Balaban J connectivity index is 1.42. The third-order valence-electron chi connectivity index (χ3n) is 5.85. The molecule has 1 aliphatic carbocycles. The Morgan fingerprint density at radius 1 is 1.16 bits per heavy atom. The van der Waals surface area contributed by atoms with E-state index < -0.39 is 12.5 Å². The number of nitrogens with zero attached hydrogens (tertiary/aromatic N) is 1. The van der Waals surface area contributed by atoms with Crippen molar-refractivity contribution in [1.82, 2.24) is 5.32 Å². The molecule has 0 spiro atoms.